The van der Waals surface area contributed by atoms with Gasteiger partial charge in [0.15, 0.2) is 5.13 Å². The van der Waals surface area contributed by atoms with Gasteiger partial charge in [-0.15, -0.1) is 11.3 Å². The van der Waals surface area contributed by atoms with Crippen LogP contribution in [0, 0.1) is 5.92 Å². The third kappa shape index (κ3) is 4.56. The molecule has 7 nitrogen and oxygen atoms in total. The van der Waals surface area contributed by atoms with Crippen molar-refractivity contribution in [3.63, 3.8) is 0 Å². The average Bonchev–Trinajstić information content (AvgIpc) is 3.28. The summed E-state index contributed by atoms with van der Waals surface area (Å²) in [6.45, 7) is 4.46. The third-order valence-corrected chi connectivity index (χ3v) is 5.38. The Morgan fingerprint density at radius 3 is 2.86 bits per heavy atom. The number of carbonyl (C=O) groups is 3. The van der Waals surface area contributed by atoms with Gasteiger partial charge in [0.1, 0.15) is 0 Å². The van der Waals surface area contributed by atoms with Crippen LogP contribution in [0.2, 0.25) is 0 Å². The fourth-order valence-electron chi connectivity index (χ4n) is 3.20. The largest absolute Gasteiger partial charge is 0.466 e. The predicted octanol–water partition coefficient (Wildman–Crippen LogP) is 2.80. The van der Waals surface area contributed by atoms with E-state index in [9.17, 15) is 14.4 Å². The molecule has 1 aliphatic heterocycles. The molecular weight excluding hydrogens is 378 g/mol. The summed E-state index contributed by atoms with van der Waals surface area (Å²) in [6.07, 6.45) is 1.06. The van der Waals surface area contributed by atoms with Gasteiger partial charge in [-0.05, 0) is 25.0 Å². The van der Waals surface area contributed by atoms with Gasteiger partial charge >= 0.3 is 5.97 Å². The van der Waals surface area contributed by atoms with E-state index in [1.807, 2.05) is 31.2 Å². The zero-order valence-corrected chi connectivity index (χ0v) is 16.8. The zero-order chi connectivity index (χ0) is 20.1. The lowest BCUT2D eigenvalue weighted by Gasteiger charge is -2.19. The number of carbonyl (C=O) groups excluding carboxylic acids is 3. The number of para-hydroxylation sites is 1. The van der Waals surface area contributed by atoms with Crippen molar-refractivity contribution in [2.45, 2.75) is 33.1 Å². The molecule has 2 heterocycles. The molecule has 1 saturated heterocycles. The number of amides is 2. The zero-order valence-electron chi connectivity index (χ0n) is 15.9. The molecule has 148 valence electrons. The number of esters is 1. The van der Waals surface area contributed by atoms with E-state index in [2.05, 4.69) is 10.3 Å². The lowest BCUT2D eigenvalue weighted by molar-refractivity contribution is -0.142. The number of ether oxygens (including phenoxy) is 1. The highest BCUT2D eigenvalue weighted by molar-refractivity contribution is 7.13. The molecule has 1 aromatic carbocycles. The van der Waals surface area contributed by atoms with Gasteiger partial charge in [-0.25, -0.2) is 4.98 Å². The Balaban J connectivity index is 1.62. The number of rotatable bonds is 7. The van der Waals surface area contributed by atoms with Crippen LogP contribution >= 0.6 is 11.3 Å². The molecule has 1 atom stereocenters. The molecular formula is C20H23N3O4S. The number of benzene rings is 1. The smallest absolute Gasteiger partial charge is 0.311 e. The van der Waals surface area contributed by atoms with Crippen molar-refractivity contribution in [1.29, 1.82) is 0 Å². The van der Waals surface area contributed by atoms with Crippen LogP contribution < -0.4 is 10.2 Å². The summed E-state index contributed by atoms with van der Waals surface area (Å²) in [6, 6.07) is 7.76. The molecule has 1 unspecified atom stereocenters. The molecule has 8 heteroatoms. The van der Waals surface area contributed by atoms with Gasteiger partial charge in [-0.1, -0.05) is 25.1 Å². The summed E-state index contributed by atoms with van der Waals surface area (Å²) in [5, 5.41) is 4.91. The minimum atomic E-state index is -0.435. The topological polar surface area (TPSA) is 88.6 Å². The number of aryl methyl sites for hydroxylation is 1. The number of aromatic nitrogens is 1. The molecule has 3 rings (SSSR count). The summed E-state index contributed by atoms with van der Waals surface area (Å²) in [5.41, 5.74) is 2.51. The fourth-order valence-corrected chi connectivity index (χ4v) is 3.92. The van der Waals surface area contributed by atoms with Crippen LogP contribution in [0.4, 0.5) is 10.8 Å². The highest BCUT2D eigenvalue weighted by atomic mass is 32.1. The molecule has 1 aliphatic rings. The van der Waals surface area contributed by atoms with Crippen molar-refractivity contribution < 1.29 is 19.1 Å². The minimum absolute atomic E-state index is 0.0526. The van der Waals surface area contributed by atoms with E-state index in [1.54, 1.807) is 17.2 Å². The number of hydrogen-bond acceptors (Lipinski definition) is 6. The Morgan fingerprint density at radius 2 is 2.11 bits per heavy atom. The lowest BCUT2D eigenvalue weighted by atomic mass is 10.1. The molecule has 1 N–H and O–H groups in total. The standard InChI is InChI=1S/C20H23N3O4S/c1-3-13-7-5-6-8-16(13)23-11-14(9-17(23)24)19(26)22-20-21-15(12-28-20)10-18(25)27-4-2/h5-8,12,14H,3-4,9-11H2,1-2H3,(H,21,22,26). The van der Waals surface area contributed by atoms with Crippen LogP contribution in [0.25, 0.3) is 0 Å². The summed E-state index contributed by atoms with van der Waals surface area (Å²) in [5.74, 6) is -1.07. The Kier molecular flexibility index (Phi) is 6.41. The van der Waals surface area contributed by atoms with E-state index in [0.717, 1.165) is 17.7 Å². The van der Waals surface area contributed by atoms with Gasteiger partial charge in [0.05, 0.1) is 24.6 Å². The number of anilines is 2. The molecule has 0 spiro atoms. The third-order valence-electron chi connectivity index (χ3n) is 4.57. The second-order valence-electron chi connectivity index (χ2n) is 6.50. The van der Waals surface area contributed by atoms with E-state index in [4.69, 9.17) is 4.74 Å². The van der Waals surface area contributed by atoms with E-state index in [1.165, 1.54) is 11.3 Å². The van der Waals surface area contributed by atoms with Gasteiger partial charge in [-0.3, -0.25) is 14.4 Å². The summed E-state index contributed by atoms with van der Waals surface area (Å²) in [7, 11) is 0. The maximum atomic E-state index is 12.6. The Hall–Kier alpha value is -2.74. The first-order chi connectivity index (χ1) is 13.5. The summed E-state index contributed by atoms with van der Waals surface area (Å²) < 4.78 is 4.90. The van der Waals surface area contributed by atoms with Crippen LogP contribution in [0.3, 0.4) is 0 Å². The van der Waals surface area contributed by atoms with Gasteiger partial charge in [-0.2, -0.15) is 0 Å². The maximum Gasteiger partial charge on any atom is 0.311 e. The van der Waals surface area contributed by atoms with Crippen molar-refractivity contribution in [1.82, 2.24) is 4.98 Å². The maximum absolute atomic E-state index is 12.6. The molecule has 0 saturated carbocycles. The minimum Gasteiger partial charge on any atom is -0.466 e. The molecule has 0 radical (unpaired) electrons. The Labute approximate surface area is 167 Å². The average molecular weight is 401 g/mol. The second kappa shape index (κ2) is 8.97. The Morgan fingerprint density at radius 1 is 1.32 bits per heavy atom. The van der Waals surface area contributed by atoms with Gasteiger partial charge < -0.3 is 15.0 Å². The number of hydrogen-bond donors (Lipinski definition) is 1. The van der Waals surface area contributed by atoms with E-state index < -0.39 is 5.92 Å². The Bertz CT molecular complexity index is 880. The summed E-state index contributed by atoms with van der Waals surface area (Å²) in [4.78, 5) is 42.6. The molecule has 2 amide bonds. The van der Waals surface area contributed by atoms with Crippen molar-refractivity contribution in [2.24, 2.45) is 5.92 Å². The molecule has 0 bridgehead atoms. The predicted molar refractivity (Wildman–Crippen MR) is 107 cm³/mol. The highest BCUT2D eigenvalue weighted by Crippen LogP contribution is 2.29. The molecule has 28 heavy (non-hydrogen) atoms. The van der Waals surface area contributed by atoms with Crippen LogP contribution in [0.15, 0.2) is 29.6 Å². The van der Waals surface area contributed by atoms with Crippen LogP contribution in [-0.2, 0) is 32.0 Å². The van der Waals surface area contributed by atoms with Crippen LogP contribution in [0.5, 0.6) is 0 Å². The van der Waals surface area contributed by atoms with E-state index in [0.29, 0.717) is 24.0 Å². The van der Waals surface area contributed by atoms with Gasteiger partial charge in [0, 0.05) is 24.0 Å². The first-order valence-corrected chi connectivity index (χ1v) is 10.2. The van der Waals surface area contributed by atoms with Crippen molar-refractivity contribution in [3.8, 4) is 0 Å². The van der Waals surface area contributed by atoms with Crippen LogP contribution in [-0.4, -0.2) is 35.9 Å². The van der Waals surface area contributed by atoms with Crippen molar-refractivity contribution >= 4 is 39.9 Å². The second-order valence-corrected chi connectivity index (χ2v) is 7.36. The SMILES string of the molecule is CCOC(=O)Cc1csc(NC(=O)C2CC(=O)N(c3ccccc3CC)C2)n1. The van der Waals surface area contributed by atoms with E-state index >= 15 is 0 Å². The van der Waals surface area contributed by atoms with E-state index in [-0.39, 0.29) is 30.6 Å². The summed E-state index contributed by atoms with van der Waals surface area (Å²) >= 11 is 1.25. The highest BCUT2D eigenvalue weighted by Gasteiger charge is 2.36. The number of nitrogens with zero attached hydrogens (tertiary/aromatic N) is 2. The first-order valence-electron chi connectivity index (χ1n) is 9.31. The molecule has 0 aliphatic carbocycles. The van der Waals surface area contributed by atoms with Crippen molar-refractivity contribution in [3.05, 3.63) is 40.9 Å². The van der Waals surface area contributed by atoms with Crippen molar-refractivity contribution in [2.75, 3.05) is 23.4 Å². The number of nitrogens with one attached hydrogen (secondary N) is 1. The number of thiazole rings is 1. The normalized spacial score (nSPS) is 16.3. The van der Waals surface area contributed by atoms with Crippen LogP contribution in [0.1, 0.15) is 31.5 Å². The quantitative estimate of drug-likeness (QED) is 0.721. The van der Waals surface area contributed by atoms with Gasteiger partial charge in [0.25, 0.3) is 0 Å². The first kappa shape index (κ1) is 20.0. The van der Waals surface area contributed by atoms with Gasteiger partial charge in [0.2, 0.25) is 11.8 Å². The molecule has 1 aromatic heterocycles. The lowest BCUT2D eigenvalue weighted by Crippen LogP contribution is -2.28. The molecule has 1 fully saturated rings. The monoisotopic (exact) mass is 401 g/mol. The molecule has 2 aromatic rings. The fraction of sp³-hybridized carbons (Fsp3) is 0.400.